The number of fused-ring (bicyclic) bond motifs is 3. The van der Waals surface area contributed by atoms with Crippen molar-refractivity contribution in [1.29, 1.82) is 0 Å². The average Bonchev–Trinajstić information content (AvgIpc) is 3.18. The number of rotatable bonds is 4. The fourth-order valence-corrected chi connectivity index (χ4v) is 2.19. The lowest BCUT2D eigenvalue weighted by atomic mass is 10.3. The molecule has 8 heteroatoms. The topological polar surface area (TPSA) is 90.2 Å². The molecule has 0 saturated heterocycles. The van der Waals surface area contributed by atoms with E-state index in [9.17, 15) is 0 Å². The van der Waals surface area contributed by atoms with Gasteiger partial charge in [0.25, 0.3) is 0 Å². The third-order valence-electron chi connectivity index (χ3n) is 3.24. The van der Waals surface area contributed by atoms with Gasteiger partial charge in [-0.3, -0.25) is 5.10 Å². The highest BCUT2D eigenvalue weighted by Crippen LogP contribution is 2.20. The van der Waals surface area contributed by atoms with Gasteiger partial charge in [-0.1, -0.05) is 6.07 Å². The standard InChI is InChI=1S/C14H12N6O2/c1-21-9-3-2-4-10(5-9)22-7-12-17-14-11-6-16-18-13(11)15-8-20(14)19-12/h2-6,8H,7H2,1H3,(H,16,18). The van der Waals surface area contributed by atoms with Crippen molar-refractivity contribution < 1.29 is 9.47 Å². The van der Waals surface area contributed by atoms with Crippen LogP contribution in [0.3, 0.4) is 0 Å². The number of hydrogen-bond acceptors (Lipinski definition) is 6. The minimum absolute atomic E-state index is 0.258. The molecule has 0 saturated carbocycles. The minimum atomic E-state index is 0.258. The molecule has 0 aliphatic carbocycles. The van der Waals surface area contributed by atoms with E-state index in [1.165, 1.54) is 0 Å². The van der Waals surface area contributed by atoms with Gasteiger partial charge in [0, 0.05) is 6.07 Å². The lowest BCUT2D eigenvalue weighted by Crippen LogP contribution is -1.98. The van der Waals surface area contributed by atoms with Gasteiger partial charge in [-0.25, -0.2) is 14.5 Å². The van der Waals surface area contributed by atoms with Crippen LogP contribution < -0.4 is 9.47 Å². The molecule has 4 rings (SSSR count). The molecular formula is C14H12N6O2. The van der Waals surface area contributed by atoms with E-state index in [4.69, 9.17) is 9.47 Å². The Bertz CT molecular complexity index is 945. The normalized spacial score (nSPS) is 11.1. The Morgan fingerprint density at radius 1 is 1.27 bits per heavy atom. The molecule has 0 unspecified atom stereocenters. The molecule has 3 aromatic heterocycles. The second kappa shape index (κ2) is 4.99. The number of nitrogens with zero attached hydrogens (tertiary/aromatic N) is 5. The number of hydrogen-bond donors (Lipinski definition) is 1. The summed E-state index contributed by atoms with van der Waals surface area (Å²) in [5.74, 6) is 2.01. The van der Waals surface area contributed by atoms with Gasteiger partial charge < -0.3 is 9.47 Å². The van der Waals surface area contributed by atoms with Crippen LogP contribution in [0.25, 0.3) is 16.7 Å². The van der Waals surface area contributed by atoms with Crippen LogP contribution in [0.15, 0.2) is 36.8 Å². The smallest absolute Gasteiger partial charge is 0.189 e. The number of ether oxygens (including phenoxy) is 2. The van der Waals surface area contributed by atoms with Crippen LogP contribution in [-0.4, -0.2) is 36.9 Å². The zero-order valence-electron chi connectivity index (χ0n) is 11.7. The molecule has 0 aliphatic rings. The van der Waals surface area contributed by atoms with Crippen LogP contribution in [0.5, 0.6) is 11.5 Å². The van der Waals surface area contributed by atoms with Crippen LogP contribution in [0.2, 0.25) is 0 Å². The summed E-state index contributed by atoms with van der Waals surface area (Å²) in [7, 11) is 1.62. The number of aromatic amines is 1. The van der Waals surface area contributed by atoms with E-state index in [2.05, 4.69) is 25.3 Å². The highest BCUT2D eigenvalue weighted by Gasteiger charge is 2.10. The summed E-state index contributed by atoms with van der Waals surface area (Å²) in [6, 6.07) is 7.39. The SMILES string of the molecule is COc1cccc(OCc2nc3c4cn[nH]c4ncn3n2)c1. The van der Waals surface area contributed by atoms with Gasteiger partial charge in [-0.2, -0.15) is 5.10 Å². The third-order valence-corrected chi connectivity index (χ3v) is 3.24. The van der Waals surface area contributed by atoms with E-state index in [-0.39, 0.29) is 6.61 Å². The van der Waals surface area contributed by atoms with Crippen molar-refractivity contribution in [2.75, 3.05) is 7.11 Å². The molecule has 1 aromatic carbocycles. The van der Waals surface area contributed by atoms with Crippen LogP contribution in [0.4, 0.5) is 0 Å². The molecular weight excluding hydrogens is 284 g/mol. The Kier molecular flexibility index (Phi) is 2.85. The minimum Gasteiger partial charge on any atom is -0.497 e. The first-order valence-corrected chi connectivity index (χ1v) is 6.64. The Hall–Kier alpha value is -3.16. The summed E-state index contributed by atoms with van der Waals surface area (Å²) in [6.07, 6.45) is 3.27. The van der Waals surface area contributed by atoms with Crippen molar-refractivity contribution in [3.05, 3.63) is 42.6 Å². The summed E-state index contributed by atoms with van der Waals surface area (Å²) in [5, 5.41) is 11.9. The second-order valence-electron chi connectivity index (χ2n) is 4.64. The van der Waals surface area contributed by atoms with E-state index >= 15 is 0 Å². The van der Waals surface area contributed by atoms with Crippen LogP contribution in [0, 0.1) is 0 Å². The van der Waals surface area contributed by atoms with E-state index in [0.29, 0.717) is 22.9 Å². The third kappa shape index (κ3) is 2.10. The predicted octanol–water partition coefficient (Wildman–Crippen LogP) is 1.59. The van der Waals surface area contributed by atoms with E-state index in [0.717, 1.165) is 11.1 Å². The molecule has 22 heavy (non-hydrogen) atoms. The number of methoxy groups -OCH3 is 1. The van der Waals surface area contributed by atoms with Gasteiger partial charge >= 0.3 is 0 Å². The molecule has 0 spiro atoms. The molecule has 4 aromatic rings. The maximum absolute atomic E-state index is 5.70. The first-order chi connectivity index (χ1) is 10.8. The molecule has 0 atom stereocenters. The Morgan fingerprint density at radius 2 is 2.18 bits per heavy atom. The van der Waals surface area contributed by atoms with Crippen LogP contribution >= 0.6 is 0 Å². The zero-order valence-corrected chi connectivity index (χ0v) is 11.7. The average molecular weight is 296 g/mol. The van der Waals surface area contributed by atoms with E-state index in [1.807, 2.05) is 24.3 Å². The van der Waals surface area contributed by atoms with Crippen LogP contribution in [0.1, 0.15) is 5.82 Å². The van der Waals surface area contributed by atoms with Crippen molar-refractivity contribution >= 4 is 16.7 Å². The molecule has 0 fully saturated rings. The fourth-order valence-electron chi connectivity index (χ4n) is 2.19. The van der Waals surface area contributed by atoms with Gasteiger partial charge in [0.15, 0.2) is 17.1 Å². The Labute approximate surface area is 124 Å². The van der Waals surface area contributed by atoms with Gasteiger partial charge in [0.1, 0.15) is 24.4 Å². The summed E-state index contributed by atoms with van der Waals surface area (Å²) >= 11 is 0. The maximum Gasteiger partial charge on any atom is 0.189 e. The summed E-state index contributed by atoms with van der Waals surface area (Å²) < 4.78 is 12.5. The summed E-state index contributed by atoms with van der Waals surface area (Å²) in [4.78, 5) is 8.68. The van der Waals surface area contributed by atoms with Gasteiger partial charge in [-0.05, 0) is 12.1 Å². The molecule has 1 N–H and O–H groups in total. The number of benzene rings is 1. The van der Waals surface area contributed by atoms with E-state index in [1.54, 1.807) is 24.1 Å². The first-order valence-electron chi connectivity index (χ1n) is 6.64. The van der Waals surface area contributed by atoms with Crippen molar-refractivity contribution in [1.82, 2.24) is 29.8 Å². The van der Waals surface area contributed by atoms with Crippen molar-refractivity contribution in [3.63, 3.8) is 0 Å². The lowest BCUT2D eigenvalue weighted by molar-refractivity contribution is 0.294. The largest absolute Gasteiger partial charge is 0.497 e. The molecule has 110 valence electrons. The molecule has 0 amide bonds. The molecule has 0 radical (unpaired) electrons. The molecule has 0 aliphatic heterocycles. The number of aromatic nitrogens is 6. The highest BCUT2D eigenvalue weighted by atomic mass is 16.5. The second-order valence-corrected chi connectivity index (χ2v) is 4.64. The Morgan fingerprint density at radius 3 is 3.09 bits per heavy atom. The monoisotopic (exact) mass is 296 g/mol. The first kappa shape index (κ1) is 12.6. The van der Waals surface area contributed by atoms with Crippen molar-refractivity contribution in [3.8, 4) is 11.5 Å². The van der Waals surface area contributed by atoms with Crippen molar-refractivity contribution in [2.45, 2.75) is 6.61 Å². The zero-order chi connectivity index (χ0) is 14.9. The lowest BCUT2D eigenvalue weighted by Gasteiger charge is -2.05. The van der Waals surface area contributed by atoms with Crippen molar-refractivity contribution in [2.24, 2.45) is 0 Å². The number of nitrogens with one attached hydrogen (secondary N) is 1. The van der Waals surface area contributed by atoms with Gasteiger partial charge in [0.05, 0.1) is 18.7 Å². The van der Waals surface area contributed by atoms with Gasteiger partial charge in [-0.15, -0.1) is 5.10 Å². The predicted molar refractivity (Wildman–Crippen MR) is 77.8 cm³/mol. The van der Waals surface area contributed by atoms with Gasteiger partial charge in [0.2, 0.25) is 0 Å². The quantitative estimate of drug-likeness (QED) is 0.615. The number of H-pyrrole nitrogens is 1. The maximum atomic E-state index is 5.70. The summed E-state index contributed by atoms with van der Waals surface area (Å²) in [6.45, 7) is 0.258. The fraction of sp³-hybridized carbons (Fsp3) is 0.143. The Balaban J connectivity index is 1.61. The summed E-state index contributed by atoms with van der Waals surface area (Å²) in [5.41, 5.74) is 1.38. The highest BCUT2D eigenvalue weighted by molar-refractivity contribution is 5.87. The van der Waals surface area contributed by atoms with Crippen LogP contribution in [-0.2, 0) is 6.61 Å². The molecule has 0 bridgehead atoms. The molecule has 8 nitrogen and oxygen atoms in total. The molecule has 3 heterocycles. The van der Waals surface area contributed by atoms with E-state index < -0.39 is 0 Å².